The number of rotatable bonds is 7. The van der Waals surface area contributed by atoms with Crippen molar-refractivity contribution in [3.8, 4) is 5.75 Å². The second kappa shape index (κ2) is 9.58. The molecule has 0 saturated heterocycles. The Labute approximate surface area is 175 Å². The Morgan fingerprint density at radius 2 is 1.76 bits per heavy atom. The quantitative estimate of drug-likeness (QED) is 0.604. The van der Waals surface area contributed by atoms with Gasteiger partial charge in [-0.05, 0) is 36.8 Å². The number of carboxylic acid groups (broad SMARTS) is 1. The van der Waals surface area contributed by atoms with E-state index in [1.54, 1.807) is 13.0 Å². The number of carboxylic acids is 1. The van der Waals surface area contributed by atoms with Gasteiger partial charge in [0.15, 0.2) is 11.6 Å². The van der Waals surface area contributed by atoms with Crippen molar-refractivity contribution >= 4 is 46.7 Å². The first-order valence-electron chi connectivity index (χ1n) is 8.27. The Balaban J connectivity index is 2.21. The van der Waals surface area contributed by atoms with Gasteiger partial charge in [-0.1, -0.05) is 23.2 Å². The standard InChI is InChI=1S/C19H17Cl2FN2O5/c1-9-3-12(17(22)15(4-9)24-10(2)25)8-29-18-13(20)5-11(6-14(18)21)19(28)23-7-16(26)27/h3-6H,7-8H2,1-2H3,(H,23,28)(H,24,25)(H,26,27). The third kappa shape index (κ3) is 6.07. The van der Waals surface area contributed by atoms with E-state index in [0.717, 1.165) is 0 Å². The van der Waals surface area contributed by atoms with E-state index >= 15 is 0 Å². The molecule has 0 aliphatic heterocycles. The number of ether oxygens (including phenoxy) is 1. The molecule has 2 amide bonds. The van der Waals surface area contributed by atoms with Crippen molar-refractivity contribution in [1.29, 1.82) is 0 Å². The number of nitrogens with one attached hydrogen (secondary N) is 2. The topological polar surface area (TPSA) is 105 Å². The Kier molecular flexibility index (Phi) is 7.41. The summed E-state index contributed by atoms with van der Waals surface area (Å²) >= 11 is 12.2. The van der Waals surface area contributed by atoms with Crippen molar-refractivity contribution in [2.24, 2.45) is 0 Å². The van der Waals surface area contributed by atoms with E-state index in [-0.39, 0.29) is 39.2 Å². The van der Waals surface area contributed by atoms with Crippen molar-refractivity contribution in [2.75, 3.05) is 11.9 Å². The van der Waals surface area contributed by atoms with Gasteiger partial charge in [0.05, 0.1) is 15.7 Å². The number of hydrogen-bond donors (Lipinski definition) is 3. The molecule has 2 aromatic rings. The molecule has 2 aromatic carbocycles. The third-order valence-corrected chi connectivity index (χ3v) is 4.20. The number of aryl methyl sites for hydroxylation is 1. The Bertz CT molecular complexity index is 958. The van der Waals surface area contributed by atoms with E-state index in [9.17, 15) is 18.8 Å². The summed E-state index contributed by atoms with van der Waals surface area (Å²) in [6.45, 7) is 2.21. The molecule has 154 valence electrons. The molecular formula is C19H17Cl2FN2O5. The van der Waals surface area contributed by atoms with Crippen LogP contribution in [0.25, 0.3) is 0 Å². The van der Waals surface area contributed by atoms with Crippen LogP contribution in [0.15, 0.2) is 24.3 Å². The summed E-state index contributed by atoms with van der Waals surface area (Å²) in [6.07, 6.45) is 0. The highest BCUT2D eigenvalue weighted by atomic mass is 35.5. The van der Waals surface area contributed by atoms with Crippen molar-refractivity contribution in [3.63, 3.8) is 0 Å². The van der Waals surface area contributed by atoms with Crippen LogP contribution in [-0.2, 0) is 16.2 Å². The maximum atomic E-state index is 14.6. The number of halogens is 3. The lowest BCUT2D eigenvalue weighted by molar-refractivity contribution is -0.135. The molecular weight excluding hydrogens is 426 g/mol. The minimum absolute atomic E-state index is 0.00637. The molecule has 0 saturated carbocycles. The van der Waals surface area contributed by atoms with E-state index in [2.05, 4.69) is 10.6 Å². The van der Waals surface area contributed by atoms with Crippen LogP contribution < -0.4 is 15.4 Å². The van der Waals surface area contributed by atoms with Crippen LogP contribution in [0.4, 0.5) is 10.1 Å². The SMILES string of the molecule is CC(=O)Nc1cc(C)cc(COc2c(Cl)cc(C(=O)NCC(=O)O)cc2Cl)c1F. The molecule has 0 aromatic heterocycles. The lowest BCUT2D eigenvalue weighted by Crippen LogP contribution is -2.29. The zero-order chi connectivity index (χ0) is 21.7. The van der Waals surface area contributed by atoms with Gasteiger partial charge in [-0.2, -0.15) is 0 Å². The molecule has 7 nitrogen and oxygen atoms in total. The van der Waals surface area contributed by atoms with Crippen LogP contribution >= 0.6 is 23.2 Å². The minimum atomic E-state index is -1.20. The van der Waals surface area contributed by atoms with Crippen LogP contribution in [0.5, 0.6) is 5.75 Å². The molecule has 29 heavy (non-hydrogen) atoms. The highest BCUT2D eigenvalue weighted by Gasteiger charge is 2.17. The second-order valence-electron chi connectivity index (χ2n) is 6.10. The molecule has 0 unspecified atom stereocenters. The molecule has 10 heteroatoms. The van der Waals surface area contributed by atoms with Gasteiger partial charge in [0.2, 0.25) is 5.91 Å². The first-order valence-corrected chi connectivity index (χ1v) is 9.02. The molecule has 0 spiro atoms. The van der Waals surface area contributed by atoms with Crippen LogP contribution in [0.3, 0.4) is 0 Å². The summed E-state index contributed by atoms with van der Waals surface area (Å²) in [4.78, 5) is 33.7. The Morgan fingerprint density at radius 1 is 1.14 bits per heavy atom. The van der Waals surface area contributed by atoms with Crippen LogP contribution in [-0.4, -0.2) is 29.4 Å². The molecule has 2 rings (SSSR count). The molecule has 3 N–H and O–H groups in total. The number of hydrogen-bond acceptors (Lipinski definition) is 4. The molecule has 0 aliphatic rings. The van der Waals surface area contributed by atoms with Crippen LogP contribution in [0.1, 0.15) is 28.4 Å². The molecule has 0 fully saturated rings. The summed E-state index contributed by atoms with van der Waals surface area (Å²) in [5.74, 6) is -2.90. The third-order valence-electron chi connectivity index (χ3n) is 3.64. The summed E-state index contributed by atoms with van der Waals surface area (Å²) < 4.78 is 20.1. The fourth-order valence-corrected chi connectivity index (χ4v) is 3.06. The average molecular weight is 443 g/mol. The van der Waals surface area contributed by atoms with Crippen molar-refractivity contribution in [1.82, 2.24) is 5.32 Å². The van der Waals surface area contributed by atoms with Crippen molar-refractivity contribution in [2.45, 2.75) is 20.5 Å². The lowest BCUT2D eigenvalue weighted by atomic mass is 10.1. The monoisotopic (exact) mass is 442 g/mol. The molecule has 0 bridgehead atoms. The van der Waals surface area contributed by atoms with Gasteiger partial charge in [-0.3, -0.25) is 14.4 Å². The number of carbonyl (C=O) groups is 3. The normalized spacial score (nSPS) is 10.4. The molecule has 0 heterocycles. The summed E-state index contributed by atoms with van der Waals surface area (Å²) in [5.41, 5.74) is 0.947. The van der Waals surface area contributed by atoms with Gasteiger partial charge in [-0.25, -0.2) is 4.39 Å². The summed E-state index contributed by atoms with van der Waals surface area (Å²) in [6, 6.07) is 5.56. The number of anilines is 1. The summed E-state index contributed by atoms with van der Waals surface area (Å²) in [7, 11) is 0. The van der Waals surface area contributed by atoms with E-state index in [0.29, 0.717) is 5.56 Å². The van der Waals surface area contributed by atoms with Crippen LogP contribution in [0.2, 0.25) is 10.0 Å². The van der Waals surface area contributed by atoms with Gasteiger partial charge >= 0.3 is 5.97 Å². The maximum absolute atomic E-state index is 14.6. The smallest absolute Gasteiger partial charge is 0.322 e. The number of aliphatic carboxylic acids is 1. The average Bonchev–Trinajstić information content (AvgIpc) is 2.61. The van der Waals surface area contributed by atoms with Gasteiger partial charge in [0.1, 0.15) is 13.2 Å². The lowest BCUT2D eigenvalue weighted by Gasteiger charge is -2.14. The van der Waals surface area contributed by atoms with Crippen LogP contribution in [0, 0.1) is 12.7 Å². The zero-order valence-electron chi connectivity index (χ0n) is 15.4. The van der Waals surface area contributed by atoms with Gasteiger partial charge in [0.25, 0.3) is 5.91 Å². The largest absolute Gasteiger partial charge is 0.486 e. The fourth-order valence-electron chi connectivity index (χ4n) is 2.47. The predicted octanol–water partition coefficient (Wildman–Crippen LogP) is 3.79. The van der Waals surface area contributed by atoms with Gasteiger partial charge in [-0.15, -0.1) is 0 Å². The number of amides is 2. The maximum Gasteiger partial charge on any atom is 0.322 e. The Hall–Kier alpha value is -2.84. The highest BCUT2D eigenvalue weighted by Crippen LogP contribution is 2.35. The molecule has 0 aliphatic carbocycles. The Morgan fingerprint density at radius 3 is 2.31 bits per heavy atom. The first kappa shape index (κ1) is 22.4. The van der Waals surface area contributed by atoms with E-state index < -0.39 is 30.1 Å². The van der Waals surface area contributed by atoms with Gasteiger partial charge in [0, 0.05) is 18.1 Å². The second-order valence-corrected chi connectivity index (χ2v) is 6.92. The van der Waals surface area contributed by atoms with E-state index in [1.165, 1.54) is 25.1 Å². The minimum Gasteiger partial charge on any atom is -0.486 e. The predicted molar refractivity (Wildman–Crippen MR) is 106 cm³/mol. The van der Waals surface area contributed by atoms with E-state index in [1.807, 2.05) is 0 Å². The molecule has 0 radical (unpaired) electrons. The summed E-state index contributed by atoms with van der Waals surface area (Å²) in [5, 5.41) is 13.2. The first-order chi connectivity index (χ1) is 13.6. The van der Waals surface area contributed by atoms with Crippen molar-refractivity contribution in [3.05, 3.63) is 56.8 Å². The number of benzene rings is 2. The molecule has 0 atom stereocenters. The number of carbonyl (C=O) groups excluding carboxylic acids is 2. The van der Waals surface area contributed by atoms with Crippen molar-refractivity contribution < 1.29 is 28.6 Å². The van der Waals surface area contributed by atoms with E-state index in [4.69, 9.17) is 33.0 Å². The van der Waals surface area contributed by atoms with Gasteiger partial charge < -0.3 is 20.5 Å². The highest BCUT2D eigenvalue weighted by molar-refractivity contribution is 6.37. The zero-order valence-corrected chi connectivity index (χ0v) is 16.9. The fraction of sp³-hybridized carbons (Fsp3) is 0.211.